The number of epoxide rings is 1. The monoisotopic (exact) mass is 572 g/mol. The molecular formula is C36H74ClNO. The van der Waals surface area contributed by atoms with Gasteiger partial charge in [0, 0.05) is 0 Å². The third-order valence-corrected chi connectivity index (χ3v) is 9.15. The molecule has 1 aliphatic rings. The lowest BCUT2D eigenvalue weighted by Gasteiger charge is -2.34. The van der Waals surface area contributed by atoms with Gasteiger partial charge in [-0.05, 0) is 25.7 Å². The number of rotatable bonds is 32. The largest absolute Gasteiger partial charge is 1.00 e. The van der Waals surface area contributed by atoms with E-state index in [0.717, 1.165) is 6.61 Å². The summed E-state index contributed by atoms with van der Waals surface area (Å²) in [7, 11) is 2.52. The van der Waals surface area contributed by atoms with Crippen molar-refractivity contribution in [1.82, 2.24) is 0 Å². The lowest BCUT2D eigenvalue weighted by atomic mass is 10.0. The summed E-state index contributed by atoms with van der Waals surface area (Å²) in [5, 5.41) is 0. The fourth-order valence-corrected chi connectivity index (χ4v) is 6.34. The van der Waals surface area contributed by atoms with Crippen LogP contribution in [0.15, 0.2) is 0 Å². The summed E-state index contributed by atoms with van der Waals surface area (Å²) in [5.41, 5.74) is 0. The third kappa shape index (κ3) is 28.1. The highest BCUT2D eigenvalue weighted by Gasteiger charge is 2.33. The van der Waals surface area contributed by atoms with Crippen molar-refractivity contribution in [3.8, 4) is 0 Å². The SMILES string of the molecule is CCCCCCCCCCCCCCCC[N+](C)(CCCCCCCCCCCCCCCC)CC1CO1.[Cl-]. The summed E-state index contributed by atoms with van der Waals surface area (Å²) in [5.74, 6) is 0. The molecule has 0 aromatic rings. The van der Waals surface area contributed by atoms with E-state index >= 15 is 0 Å². The van der Waals surface area contributed by atoms with Crippen LogP contribution in [0, 0.1) is 0 Å². The highest BCUT2D eigenvalue weighted by Crippen LogP contribution is 2.20. The van der Waals surface area contributed by atoms with Crippen LogP contribution in [0.25, 0.3) is 0 Å². The molecule has 3 heteroatoms. The summed E-state index contributed by atoms with van der Waals surface area (Å²) >= 11 is 0. The molecule has 1 unspecified atom stereocenters. The summed E-state index contributed by atoms with van der Waals surface area (Å²) in [6.45, 7) is 9.64. The van der Waals surface area contributed by atoms with Crippen LogP contribution >= 0.6 is 0 Å². The van der Waals surface area contributed by atoms with Crippen molar-refractivity contribution < 1.29 is 21.6 Å². The summed E-state index contributed by atoms with van der Waals surface area (Å²) < 4.78 is 6.90. The Kier molecular flexibility index (Phi) is 29.9. The number of hydrogen-bond acceptors (Lipinski definition) is 1. The van der Waals surface area contributed by atoms with Gasteiger partial charge < -0.3 is 21.6 Å². The average Bonchev–Trinajstić information content (AvgIpc) is 3.73. The van der Waals surface area contributed by atoms with E-state index in [1.165, 1.54) is 204 Å². The highest BCUT2D eigenvalue weighted by molar-refractivity contribution is 4.68. The Morgan fingerprint density at radius 2 is 0.667 bits per heavy atom. The zero-order valence-corrected chi connectivity index (χ0v) is 28.2. The van der Waals surface area contributed by atoms with E-state index in [2.05, 4.69) is 20.9 Å². The molecule has 1 atom stereocenters. The van der Waals surface area contributed by atoms with E-state index in [4.69, 9.17) is 4.74 Å². The van der Waals surface area contributed by atoms with Gasteiger partial charge in [0.25, 0.3) is 0 Å². The fraction of sp³-hybridized carbons (Fsp3) is 1.00. The smallest absolute Gasteiger partial charge is 0.130 e. The normalized spacial score (nSPS) is 15.0. The second-order valence-electron chi connectivity index (χ2n) is 13.4. The second-order valence-corrected chi connectivity index (χ2v) is 13.4. The summed E-state index contributed by atoms with van der Waals surface area (Å²) in [6, 6.07) is 0. The van der Waals surface area contributed by atoms with Crippen LogP contribution in [-0.2, 0) is 4.74 Å². The van der Waals surface area contributed by atoms with Gasteiger partial charge in [0.15, 0.2) is 0 Å². The standard InChI is InChI=1S/C36H74NO.ClH/c1-4-6-8-10-12-14-16-18-20-22-24-26-28-30-32-37(3,34-36-35-38-36)33-31-29-27-25-23-21-19-17-15-13-11-9-7-5-2;/h36H,4-35H2,1-3H3;1H/q+1;/p-1. The van der Waals surface area contributed by atoms with E-state index in [9.17, 15) is 0 Å². The lowest BCUT2D eigenvalue weighted by Crippen LogP contribution is -3.00. The Bertz CT molecular complexity index is 435. The number of ether oxygens (including phenoxy) is 1. The predicted molar refractivity (Wildman–Crippen MR) is 171 cm³/mol. The maximum absolute atomic E-state index is 5.64. The van der Waals surface area contributed by atoms with Gasteiger partial charge in [-0.25, -0.2) is 0 Å². The Labute approximate surface area is 254 Å². The van der Waals surface area contributed by atoms with Crippen molar-refractivity contribution in [2.75, 3.05) is 33.3 Å². The quantitative estimate of drug-likeness (QED) is 0.0446. The molecule has 0 radical (unpaired) electrons. The minimum atomic E-state index is 0. The van der Waals surface area contributed by atoms with Crippen LogP contribution in [0.2, 0.25) is 0 Å². The molecule has 0 aromatic heterocycles. The van der Waals surface area contributed by atoms with Crippen LogP contribution in [0.1, 0.15) is 194 Å². The number of likely N-dealkylation sites (N-methyl/N-ethyl adjacent to an activating group) is 1. The molecule has 39 heavy (non-hydrogen) atoms. The first-order valence-corrected chi connectivity index (χ1v) is 18.2. The summed E-state index contributed by atoms with van der Waals surface area (Å²) in [6.07, 6.45) is 41.3. The van der Waals surface area contributed by atoms with Gasteiger partial charge in [-0.2, -0.15) is 0 Å². The number of nitrogens with zero attached hydrogens (tertiary/aromatic N) is 1. The molecule has 1 saturated heterocycles. The van der Waals surface area contributed by atoms with Crippen molar-refractivity contribution in [3.05, 3.63) is 0 Å². The molecular weight excluding hydrogens is 498 g/mol. The van der Waals surface area contributed by atoms with Gasteiger partial charge in [0.1, 0.15) is 12.6 Å². The first-order chi connectivity index (χ1) is 18.7. The molecule has 0 bridgehead atoms. The molecule has 0 N–H and O–H groups in total. The molecule has 0 amide bonds. The Hall–Kier alpha value is 0.210. The van der Waals surface area contributed by atoms with Gasteiger partial charge in [-0.1, -0.05) is 168 Å². The Morgan fingerprint density at radius 3 is 0.897 bits per heavy atom. The van der Waals surface area contributed by atoms with Gasteiger partial charge in [0.2, 0.25) is 0 Å². The van der Waals surface area contributed by atoms with Gasteiger partial charge in [-0.3, -0.25) is 0 Å². The maximum Gasteiger partial charge on any atom is 0.130 e. The van der Waals surface area contributed by atoms with Crippen LogP contribution in [0.4, 0.5) is 0 Å². The van der Waals surface area contributed by atoms with Crippen molar-refractivity contribution in [3.63, 3.8) is 0 Å². The number of hydrogen-bond donors (Lipinski definition) is 0. The maximum atomic E-state index is 5.64. The van der Waals surface area contributed by atoms with Crippen molar-refractivity contribution in [2.45, 2.75) is 200 Å². The lowest BCUT2D eigenvalue weighted by molar-refractivity contribution is -0.910. The predicted octanol–water partition coefficient (Wildman–Crippen LogP) is 8.80. The van der Waals surface area contributed by atoms with E-state index in [0.29, 0.717) is 6.10 Å². The molecule has 0 aromatic carbocycles. The van der Waals surface area contributed by atoms with Crippen molar-refractivity contribution in [2.24, 2.45) is 0 Å². The highest BCUT2D eigenvalue weighted by atomic mass is 35.5. The van der Waals surface area contributed by atoms with Gasteiger partial charge in [-0.15, -0.1) is 0 Å². The van der Waals surface area contributed by atoms with E-state index < -0.39 is 0 Å². The molecule has 1 fully saturated rings. The van der Waals surface area contributed by atoms with Crippen molar-refractivity contribution in [1.29, 1.82) is 0 Å². The Morgan fingerprint density at radius 1 is 0.436 bits per heavy atom. The molecule has 1 rings (SSSR count). The molecule has 1 aliphatic heterocycles. The zero-order chi connectivity index (χ0) is 27.4. The molecule has 0 aliphatic carbocycles. The molecule has 2 nitrogen and oxygen atoms in total. The topological polar surface area (TPSA) is 12.5 Å². The third-order valence-electron chi connectivity index (χ3n) is 9.15. The molecule has 236 valence electrons. The first kappa shape index (κ1) is 39.2. The van der Waals surface area contributed by atoms with Crippen LogP contribution < -0.4 is 12.4 Å². The molecule has 1 heterocycles. The van der Waals surface area contributed by atoms with Gasteiger partial charge in [0.05, 0.1) is 26.7 Å². The number of quaternary nitrogens is 1. The Balaban J connectivity index is 0.0000144. The number of unbranched alkanes of at least 4 members (excludes halogenated alkanes) is 26. The minimum absolute atomic E-state index is 0. The van der Waals surface area contributed by atoms with Crippen LogP contribution in [0.5, 0.6) is 0 Å². The molecule has 0 saturated carbocycles. The van der Waals surface area contributed by atoms with Crippen LogP contribution in [-0.4, -0.2) is 43.9 Å². The van der Waals surface area contributed by atoms with Gasteiger partial charge >= 0.3 is 0 Å². The second kappa shape index (κ2) is 29.7. The number of halogens is 1. The molecule has 0 spiro atoms. The summed E-state index contributed by atoms with van der Waals surface area (Å²) in [4.78, 5) is 0. The average molecular weight is 572 g/mol. The van der Waals surface area contributed by atoms with Crippen LogP contribution in [0.3, 0.4) is 0 Å². The van der Waals surface area contributed by atoms with E-state index in [1.54, 1.807) is 0 Å². The fourth-order valence-electron chi connectivity index (χ4n) is 6.34. The van der Waals surface area contributed by atoms with E-state index in [1.807, 2.05) is 0 Å². The minimum Gasteiger partial charge on any atom is -1.00 e. The van der Waals surface area contributed by atoms with Crippen molar-refractivity contribution >= 4 is 0 Å². The zero-order valence-electron chi connectivity index (χ0n) is 27.4. The first-order valence-electron chi connectivity index (χ1n) is 18.2. The van der Waals surface area contributed by atoms with E-state index in [-0.39, 0.29) is 12.4 Å².